The van der Waals surface area contributed by atoms with Crippen molar-refractivity contribution in [3.8, 4) is 34.4 Å². The lowest BCUT2D eigenvalue weighted by atomic mass is 9.94. The van der Waals surface area contributed by atoms with Crippen molar-refractivity contribution < 1.29 is 26.3 Å². The number of rotatable bonds is 2. The standard InChI is InChI=1S/C30H14F6N8/c1-39-26(40-2)28-42-23-21(16-7-11-19(12-8-16)30(34,35)36)24-22(41-27(43(24)3)17(13-37)14-38)20(25(23)44(28)4)15-5-9-18(10-6-15)29(31,32)33/h5-12H,3-4H3. The van der Waals surface area contributed by atoms with Gasteiger partial charge in [0, 0.05) is 25.2 Å². The molecule has 0 amide bonds. The van der Waals surface area contributed by atoms with E-state index in [1.807, 2.05) is 0 Å². The third kappa shape index (κ3) is 4.56. The van der Waals surface area contributed by atoms with Crippen LogP contribution in [0.3, 0.4) is 0 Å². The van der Waals surface area contributed by atoms with Gasteiger partial charge in [-0.25, -0.2) is 9.97 Å². The highest BCUT2D eigenvalue weighted by molar-refractivity contribution is 6.17. The van der Waals surface area contributed by atoms with Crippen molar-refractivity contribution in [1.82, 2.24) is 19.1 Å². The van der Waals surface area contributed by atoms with E-state index in [1.54, 1.807) is 12.1 Å². The zero-order chi connectivity index (χ0) is 32.1. The van der Waals surface area contributed by atoms with Gasteiger partial charge in [0.2, 0.25) is 5.48 Å². The van der Waals surface area contributed by atoms with Gasteiger partial charge in [-0.2, -0.15) is 46.6 Å². The highest BCUT2D eigenvalue weighted by Gasteiger charge is 2.32. The molecule has 8 nitrogen and oxygen atoms in total. The topological polar surface area (TPSA) is 91.9 Å². The summed E-state index contributed by atoms with van der Waals surface area (Å²) in [5.41, 5.74) is -1.02. The predicted molar refractivity (Wildman–Crippen MR) is 146 cm³/mol. The first-order valence-electron chi connectivity index (χ1n) is 12.3. The maximum atomic E-state index is 13.4. The van der Waals surface area contributed by atoms with Crippen molar-refractivity contribution in [2.75, 3.05) is 0 Å². The van der Waals surface area contributed by atoms with Crippen LogP contribution in [0.1, 0.15) is 11.1 Å². The average molecular weight is 600 g/mol. The van der Waals surface area contributed by atoms with Crippen LogP contribution in [-0.4, -0.2) is 19.1 Å². The summed E-state index contributed by atoms with van der Waals surface area (Å²) in [6.45, 7) is 14.9. The minimum absolute atomic E-state index is 0.0920. The maximum Gasteiger partial charge on any atom is 0.562 e. The van der Waals surface area contributed by atoms with Crippen LogP contribution in [0, 0.1) is 35.8 Å². The number of nitriles is 2. The molecular weight excluding hydrogens is 586 g/mol. The van der Waals surface area contributed by atoms with E-state index in [0.29, 0.717) is 0 Å². The summed E-state index contributed by atoms with van der Waals surface area (Å²) in [5.74, 6) is -0.428. The van der Waals surface area contributed by atoms with Crippen LogP contribution >= 0.6 is 0 Å². The number of aromatic nitrogens is 4. The number of benzene rings is 3. The lowest BCUT2D eigenvalue weighted by Crippen LogP contribution is -2.18. The first kappa shape index (κ1) is 29.4. The van der Waals surface area contributed by atoms with Gasteiger partial charge in [0.25, 0.3) is 0 Å². The number of hydrogen-bond acceptors (Lipinski definition) is 4. The van der Waals surface area contributed by atoms with Crippen LogP contribution in [0.15, 0.2) is 48.5 Å². The number of nitrogens with zero attached hydrogens (tertiary/aromatic N) is 8. The summed E-state index contributed by atoms with van der Waals surface area (Å²) < 4.78 is 83.2. The Hall–Kier alpha value is -6.12. The molecule has 0 aliphatic heterocycles. The molecule has 0 bridgehead atoms. The molecule has 2 aromatic heterocycles. The third-order valence-electron chi connectivity index (χ3n) is 7.00. The summed E-state index contributed by atoms with van der Waals surface area (Å²) in [4.78, 5) is 15.6. The molecule has 0 radical (unpaired) electrons. The van der Waals surface area contributed by atoms with E-state index in [1.165, 1.54) is 47.5 Å². The molecule has 44 heavy (non-hydrogen) atoms. The molecule has 216 valence electrons. The van der Waals surface area contributed by atoms with Gasteiger partial charge < -0.3 is 9.13 Å². The van der Waals surface area contributed by atoms with Crippen LogP contribution < -0.4 is 11.0 Å². The van der Waals surface area contributed by atoms with Crippen molar-refractivity contribution in [2.24, 2.45) is 14.1 Å². The highest BCUT2D eigenvalue weighted by atomic mass is 19.4. The second kappa shape index (κ2) is 10.3. The van der Waals surface area contributed by atoms with E-state index >= 15 is 0 Å². The lowest BCUT2D eigenvalue weighted by molar-refractivity contribution is -0.138. The zero-order valence-corrected chi connectivity index (χ0v) is 22.5. The quantitative estimate of drug-likeness (QED) is 0.186. The van der Waals surface area contributed by atoms with E-state index in [4.69, 9.17) is 13.1 Å². The zero-order valence-electron chi connectivity index (χ0n) is 22.5. The van der Waals surface area contributed by atoms with Gasteiger partial charge in [-0.1, -0.05) is 24.3 Å². The third-order valence-corrected chi connectivity index (χ3v) is 7.00. The molecule has 0 aliphatic rings. The Labute approximate surface area is 243 Å². The van der Waals surface area contributed by atoms with Gasteiger partial charge in [0.1, 0.15) is 25.3 Å². The molecule has 2 heterocycles. The Morgan fingerprint density at radius 3 is 1.39 bits per heavy atom. The van der Waals surface area contributed by atoms with Crippen molar-refractivity contribution in [3.05, 3.63) is 93.5 Å². The Morgan fingerprint density at radius 1 is 0.682 bits per heavy atom. The van der Waals surface area contributed by atoms with Gasteiger partial charge in [-0.3, -0.25) is 0 Å². The molecule has 0 unspecified atom stereocenters. The fraction of sp³-hybridized carbons (Fsp3) is 0.133. The smallest absolute Gasteiger partial charge is 0.329 e. The second-order valence-electron chi connectivity index (χ2n) is 9.43. The summed E-state index contributed by atoms with van der Waals surface area (Å²) in [5, 5.41) is 19.2. The minimum Gasteiger partial charge on any atom is -0.329 e. The summed E-state index contributed by atoms with van der Waals surface area (Å²) in [6.07, 6.45) is -9.27. The molecule has 0 saturated carbocycles. The highest BCUT2D eigenvalue weighted by Crippen LogP contribution is 2.43. The number of alkyl halides is 6. The molecule has 5 rings (SSSR count). The van der Waals surface area contributed by atoms with Crippen molar-refractivity contribution >= 4 is 33.5 Å². The molecule has 0 saturated heterocycles. The number of halogens is 6. The van der Waals surface area contributed by atoms with Gasteiger partial charge in [0.15, 0.2) is 11.1 Å². The summed E-state index contributed by atoms with van der Waals surface area (Å²) in [6, 6.07) is 11.7. The molecule has 0 fully saturated rings. The molecule has 14 heteroatoms. The van der Waals surface area contributed by atoms with Gasteiger partial charge in [0.05, 0.1) is 33.2 Å². The largest absolute Gasteiger partial charge is 0.562 e. The van der Waals surface area contributed by atoms with Crippen LogP contribution in [0.25, 0.3) is 65.4 Å². The molecule has 0 N–H and O–H groups in total. The van der Waals surface area contributed by atoms with E-state index in [2.05, 4.69) is 19.7 Å². The van der Waals surface area contributed by atoms with Gasteiger partial charge >= 0.3 is 18.2 Å². The van der Waals surface area contributed by atoms with E-state index in [9.17, 15) is 36.9 Å². The van der Waals surface area contributed by atoms with Crippen LogP contribution in [0.5, 0.6) is 0 Å². The SMILES string of the molecule is [C-]#[N+]C([N+]#[C-])=c1nc2c(-c3ccc(C(F)(F)F)cc3)c3c(nc(=C(C#N)C#N)n3C)c(-c3ccc(C(F)(F)F)cc3)c2n1C. The normalized spacial score (nSPS) is 11.5. The molecule has 5 aromatic rings. The monoisotopic (exact) mass is 600 g/mol. The Morgan fingerprint density at radius 2 is 1.05 bits per heavy atom. The second-order valence-corrected chi connectivity index (χ2v) is 9.43. The number of hydrogen-bond donors (Lipinski definition) is 0. The average Bonchev–Trinajstić information content (AvgIpc) is 3.49. The van der Waals surface area contributed by atoms with Crippen LogP contribution in [0.4, 0.5) is 26.3 Å². The Kier molecular flexibility index (Phi) is 6.88. The maximum absolute atomic E-state index is 13.4. The van der Waals surface area contributed by atoms with Crippen molar-refractivity contribution in [1.29, 1.82) is 10.5 Å². The number of aryl methyl sites for hydroxylation is 2. The van der Waals surface area contributed by atoms with E-state index < -0.39 is 34.9 Å². The summed E-state index contributed by atoms with van der Waals surface area (Å²) >= 11 is 0. The molecule has 0 atom stereocenters. The fourth-order valence-corrected chi connectivity index (χ4v) is 5.01. The lowest BCUT2D eigenvalue weighted by Gasteiger charge is -2.15. The van der Waals surface area contributed by atoms with Crippen molar-refractivity contribution in [2.45, 2.75) is 12.4 Å². The Balaban J connectivity index is 2.09. The van der Waals surface area contributed by atoms with Gasteiger partial charge in [-0.15, -0.1) is 0 Å². The van der Waals surface area contributed by atoms with Crippen LogP contribution in [-0.2, 0) is 26.4 Å². The number of fused-ring (bicyclic) bond motifs is 2. The molecule has 0 aliphatic carbocycles. The van der Waals surface area contributed by atoms with Crippen LogP contribution in [0.2, 0.25) is 0 Å². The Bertz CT molecular complexity index is 2100. The number of imidazole rings is 2. The first-order valence-corrected chi connectivity index (χ1v) is 12.3. The molecule has 3 aromatic carbocycles. The summed E-state index contributed by atoms with van der Waals surface area (Å²) in [7, 11) is 2.94. The van der Waals surface area contributed by atoms with Crippen molar-refractivity contribution in [3.63, 3.8) is 0 Å². The van der Waals surface area contributed by atoms with E-state index in [-0.39, 0.29) is 55.3 Å². The predicted octanol–water partition coefficient (Wildman–Crippen LogP) is 5.93. The van der Waals surface area contributed by atoms with Gasteiger partial charge in [-0.05, 0) is 35.4 Å². The minimum atomic E-state index is -4.63. The molecular formula is C30H14F6N8. The first-order chi connectivity index (χ1) is 20.8. The van der Waals surface area contributed by atoms with E-state index in [0.717, 1.165) is 24.3 Å². The molecule has 0 spiro atoms. The fourth-order valence-electron chi connectivity index (χ4n) is 5.01.